The summed E-state index contributed by atoms with van der Waals surface area (Å²) in [5.41, 5.74) is -2.48. The second kappa shape index (κ2) is 44.4. The summed E-state index contributed by atoms with van der Waals surface area (Å²) >= 11 is 0. The minimum atomic E-state index is -4.42. The number of rotatable bonds is 37. The highest BCUT2D eigenvalue weighted by molar-refractivity contribution is 7.89. The van der Waals surface area contributed by atoms with Crippen molar-refractivity contribution in [1.29, 1.82) is 0 Å². The number of ketones is 1. The zero-order chi connectivity index (χ0) is 84.9. The van der Waals surface area contributed by atoms with Gasteiger partial charge in [-0.2, -0.15) is 9.82 Å². The number of ether oxygens (including phenoxy) is 7. The normalized spacial score (nSPS) is 15.8. The number of amides is 4. The van der Waals surface area contributed by atoms with Gasteiger partial charge in [0.05, 0.1) is 74.9 Å². The molecule has 114 heavy (non-hydrogen) atoms. The predicted molar refractivity (Wildman–Crippen MR) is 428 cm³/mol. The number of benzene rings is 2. The molecule has 2 aliphatic rings. The molecule has 1 fully saturated rings. The van der Waals surface area contributed by atoms with Crippen molar-refractivity contribution in [2.75, 3.05) is 118 Å². The quantitative estimate of drug-likeness (QED) is 0.0246. The first-order valence-corrected chi connectivity index (χ1v) is 40.8. The van der Waals surface area contributed by atoms with E-state index in [9.17, 15) is 61.2 Å². The molecule has 0 unspecified atom stereocenters. The van der Waals surface area contributed by atoms with E-state index in [2.05, 4.69) is 41.4 Å². The molecule has 1 saturated heterocycles. The van der Waals surface area contributed by atoms with Gasteiger partial charge in [-0.15, -0.1) is 0 Å². The molecular weight excluding hydrogens is 1500 g/mol. The first kappa shape index (κ1) is 95.9. The largest absolute Gasteiger partial charge is 0.494 e. The van der Waals surface area contributed by atoms with E-state index in [0.29, 0.717) is 37.3 Å². The van der Waals surface area contributed by atoms with E-state index in [-0.39, 0.29) is 157 Å². The number of methoxy groups -OCH3 is 1. The Labute approximate surface area is 672 Å². The molecule has 0 radical (unpaired) electrons. The fraction of sp³-hybridized carbons (Fsp3) is 0.688. The van der Waals surface area contributed by atoms with Crippen molar-refractivity contribution in [3.63, 3.8) is 0 Å². The molecule has 3 aromatic rings. The van der Waals surface area contributed by atoms with E-state index in [1.165, 1.54) is 12.1 Å². The van der Waals surface area contributed by atoms with Crippen molar-refractivity contribution in [3.05, 3.63) is 53.2 Å². The lowest BCUT2D eigenvalue weighted by Gasteiger charge is -2.34. The van der Waals surface area contributed by atoms with Crippen LogP contribution in [-0.2, 0) is 92.9 Å². The number of hydrogen-bond acceptors (Lipinski definition) is 27. The summed E-state index contributed by atoms with van der Waals surface area (Å²) in [5.74, 6) is -5.30. The van der Waals surface area contributed by atoms with Gasteiger partial charge in [-0.1, -0.05) is 0 Å². The number of nitrogens with zero attached hydrogens (tertiary/aromatic N) is 7. The number of amidine groups is 1. The highest BCUT2D eigenvalue weighted by atomic mass is 32.2. The van der Waals surface area contributed by atoms with Crippen molar-refractivity contribution < 1.29 is 94.3 Å². The summed E-state index contributed by atoms with van der Waals surface area (Å²) in [6, 6.07) is 3.82. The van der Waals surface area contributed by atoms with Gasteiger partial charge < -0.3 is 59.7 Å². The van der Waals surface area contributed by atoms with Crippen LogP contribution in [-0.4, -0.2) is 273 Å². The third kappa shape index (κ3) is 37.3. The number of sulfonamides is 1. The summed E-state index contributed by atoms with van der Waals surface area (Å²) < 4.78 is 71.3. The van der Waals surface area contributed by atoms with Gasteiger partial charge in [0.25, 0.3) is 5.91 Å². The second-order valence-electron chi connectivity index (χ2n) is 33.8. The molecule has 3 atom stereocenters. The van der Waals surface area contributed by atoms with Crippen LogP contribution in [0.1, 0.15) is 196 Å². The molecule has 0 spiro atoms. The van der Waals surface area contributed by atoms with Crippen molar-refractivity contribution >= 4 is 92.0 Å². The predicted octanol–water partition coefficient (Wildman–Crippen LogP) is 5.16. The standard InChI is InChI=1S/C80H127N13O20S/c1-54-45-58(46-55(2)72(54)114(105,106)88-61(75(104)107-18)49-84-73(102)56-26-29-62-57(47-56)48-85-93(62)35-34-82-64-24-19-20-32-81-64)108-44-22-25-65(95)83-33-21-23-63(94)59(27-30-67(97)109-76(3,4)5)87-74(103)60(28-31-68(98)110-77(6,7)8)86-66(96)50-89-36-38-90(51-69(99)111-78(9,10)11)40-42-92(53-71(101)113-80(15,16)17)43-41-91(39-37-89)52-70(100)112-79(12,13)14/h26,29,45-48,59-61,88H,19-25,27-28,30-44,49-53H2,1-18H3,(H,81,82)(H,83,95)(H,84,102)(H,86,96)(H,87,103)/t59-,60-,61-/m0/s1. The number of hydrogen-bond donors (Lipinski definition) is 6. The van der Waals surface area contributed by atoms with Crippen LogP contribution in [0.4, 0.5) is 0 Å². The van der Waals surface area contributed by atoms with Gasteiger partial charge in [0.1, 0.15) is 45.8 Å². The molecule has 6 N–H and O–H groups in total. The van der Waals surface area contributed by atoms with Gasteiger partial charge in [-0.25, -0.2) is 8.42 Å². The second-order valence-corrected chi connectivity index (χ2v) is 35.5. The number of Topliss-reactive ketones (excluding diaryl/α,β-unsaturated/α-hetero) is 1. The maximum absolute atomic E-state index is 14.7. The van der Waals surface area contributed by atoms with E-state index in [1.54, 1.807) is 147 Å². The van der Waals surface area contributed by atoms with Gasteiger partial charge in [-0.05, 0) is 198 Å². The lowest BCUT2D eigenvalue weighted by Crippen LogP contribution is -2.54. The lowest BCUT2D eigenvalue weighted by molar-refractivity contribution is -0.158. The summed E-state index contributed by atoms with van der Waals surface area (Å²) in [4.78, 5) is 161. The monoisotopic (exact) mass is 1620 g/mol. The Morgan fingerprint density at radius 1 is 0.535 bits per heavy atom. The fourth-order valence-electron chi connectivity index (χ4n) is 12.5. The molecule has 5 rings (SSSR count). The summed E-state index contributed by atoms with van der Waals surface area (Å²) in [6.07, 6.45) is 3.82. The average Bonchev–Trinajstić information content (AvgIpc) is 0.970. The number of aromatic nitrogens is 2. The van der Waals surface area contributed by atoms with E-state index in [1.807, 2.05) is 19.4 Å². The smallest absolute Gasteiger partial charge is 0.325 e. The summed E-state index contributed by atoms with van der Waals surface area (Å²) in [5, 5.41) is 19.5. The molecule has 0 bridgehead atoms. The maximum Gasteiger partial charge on any atom is 0.325 e. The van der Waals surface area contributed by atoms with Crippen molar-refractivity contribution in [1.82, 2.24) is 60.7 Å². The van der Waals surface area contributed by atoms with Crippen LogP contribution in [0.2, 0.25) is 0 Å². The summed E-state index contributed by atoms with van der Waals surface area (Å²) in [6.45, 7) is 32.0. The van der Waals surface area contributed by atoms with Gasteiger partial charge in [0.2, 0.25) is 27.7 Å². The Morgan fingerprint density at radius 2 is 1.03 bits per heavy atom. The summed E-state index contributed by atoms with van der Waals surface area (Å²) in [7, 11) is -3.31. The molecule has 1 aromatic heterocycles. The molecule has 4 amide bonds. The van der Waals surface area contributed by atoms with E-state index in [0.717, 1.165) is 44.3 Å². The Morgan fingerprint density at radius 3 is 1.51 bits per heavy atom. The molecule has 3 heterocycles. The van der Waals surface area contributed by atoms with Gasteiger partial charge >= 0.3 is 35.8 Å². The molecule has 0 aliphatic carbocycles. The Kier molecular flexibility index (Phi) is 37.4. The zero-order valence-electron chi connectivity index (χ0n) is 70.4. The van der Waals surface area contributed by atoms with E-state index in [4.69, 9.17) is 33.2 Å². The van der Waals surface area contributed by atoms with Crippen LogP contribution in [0.15, 0.2) is 46.4 Å². The number of carbonyl (C=O) groups excluding carboxylic acids is 11. The highest BCUT2D eigenvalue weighted by Gasteiger charge is 2.34. The molecular formula is C80H127N13O20S. The SMILES string of the molecule is COC(=O)[C@H](CNC(=O)c1ccc2c(cnn2CCNC2=NCCCC2)c1)NS(=O)(=O)c1c(C)cc(OCCCC(=O)NCCCC(=O)[C@H](CCC(=O)OC(C)(C)C)NC(=O)[C@H](CCC(=O)OC(C)(C)C)NC(=O)CN2CCN(CC(=O)OC(C)(C)C)CCN(CC(=O)OC(C)(C)C)CCN(CC(=O)OC(C)(C)C)CC2)cc1C. The minimum absolute atomic E-state index is 0.00145. The third-order valence-electron chi connectivity index (χ3n) is 17.5. The lowest BCUT2D eigenvalue weighted by atomic mass is 10.0. The number of nitrogens with one attached hydrogen (secondary N) is 6. The molecule has 638 valence electrons. The van der Waals surface area contributed by atoms with Crippen molar-refractivity contribution in [2.45, 2.75) is 246 Å². The number of aliphatic imine (C=N–C) groups is 1. The average molecular weight is 1620 g/mol. The minimum Gasteiger partial charge on any atom is -0.494 e. The van der Waals surface area contributed by atoms with Crippen LogP contribution in [0.25, 0.3) is 10.9 Å². The van der Waals surface area contributed by atoms with Gasteiger partial charge in [0.15, 0.2) is 5.78 Å². The van der Waals surface area contributed by atoms with Crippen LogP contribution in [0, 0.1) is 13.8 Å². The van der Waals surface area contributed by atoms with E-state index < -0.39 is 122 Å². The van der Waals surface area contributed by atoms with Crippen LogP contribution in [0.3, 0.4) is 0 Å². The van der Waals surface area contributed by atoms with Gasteiger partial charge in [0, 0.05) is 122 Å². The fourth-order valence-corrected chi connectivity index (χ4v) is 14.1. The van der Waals surface area contributed by atoms with Crippen LogP contribution < -0.4 is 36.0 Å². The molecule has 34 heteroatoms. The first-order chi connectivity index (χ1) is 53.1. The topological polar surface area (TPSA) is 402 Å². The molecule has 0 saturated carbocycles. The molecule has 2 aromatic carbocycles. The molecule has 33 nitrogen and oxygen atoms in total. The maximum atomic E-state index is 14.7. The number of aryl methyl sites for hydroxylation is 2. The Hall–Kier alpha value is -8.70. The van der Waals surface area contributed by atoms with Crippen molar-refractivity contribution in [2.24, 2.45) is 4.99 Å². The zero-order valence-corrected chi connectivity index (χ0v) is 71.2. The highest BCUT2D eigenvalue weighted by Crippen LogP contribution is 2.27. The van der Waals surface area contributed by atoms with E-state index >= 15 is 0 Å². The Balaban J connectivity index is 1.22. The Bertz CT molecular complexity index is 3850. The van der Waals surface area contributed by atoms with Crippen LogP contribution in [0.5, 0.6) is 5.75 Å². The number of fused-ring (bicyclic) bond motifs is 1. The van der Waals surface area contributed by atoms with Gasteiger partial charge in [-0.3, -0.25) is 82.0 Å². The molecule has 2 aliphatic heterocycles. The third-order valence-corrected chi connectivity index (χ3v) is 19.2. The van der Waals surface area contributed by atoms with Crippen molar-refractivity contribution in [3.8, 4) is 5.75 Å². The number of carbonyl (C=O) groups is 11. The van der Waals surface area contributed by atoms with Crippen LogP contribution >= 0.6 is 0 Å². The number of esters is 6. The first-order valence-electron chi connectivity index (χ1n) is 39.3.